The molecule has 1 N–H and O–H groups in total. The van der Waals surface area contributed by atoms with Crippen LogP contribution < -0.4 is 5.32 Å². The van der Waals surface area contributed by atoms with E-state index in [4.69, 9.17) is 11.6 Å². The molecule has 0 aliphatic rings. The van der Waals surface area contributed by atoms with Gasteiger partial charge in [0.2, 0.25) is 0 Å². The molecule has 0 aliphatic heterocycles. The van der Waals surface area contributed by atoms with Crippen molar-refractivity contribution < 1.29 is 22.4 Å². The van der Waals surface area contributed by atoms with Crippen molar-refractivity contribution in [1.82, 2.24) is 24.4 Å². The number of nitrogens with zero attached hydrogens (tertiary/aromatic N) is 5. The number of alkyl halides is 3. The lowest BCUT2D eigenvalue weighted by Crippen LogP contribution is -2.20. The molecule has 3 aromatic heterocycles. The minimum absolute atomic E-state index is 0.0912. The third kappa shape index (κ3) is 4.89. The molecular weight excluding hydrogens is 476 g/mol. The number of hydrogen-bond donors (Lipinski definition) is 1. The molecule has 0 atom stereocenters. The molecule has 0 spiro atoms. The minimum atomic E-state index is -4.69. The highest BCUT2D eigenvalue weighted by Gasteiger charge is 2.36. The van der Waals surface area contributed by atoms with E-state index >= 15 is 0 Å². The van der Waals surface area contributed by atoms with E-state index in [2.05, 4.69) is 20.5 Å². The normalized spacial score (nSPS) is 12.4. The maximum absolute atomic E-state index is 13.6. The molecule has 0 unspecified atom stereocenters. The molecule has 0 saturated heterocycles. The van der Waals surface area contributed by atoms with Gasteiger partial charge in [-0.15, -0.1) is 0 Å². The molecule has 0 radical (unpaired) electrons. The van der Waals surface area contributed by atoms with Crippen molar-refractivity contribution in [3.8, 4) is 0 Å². The van der Waals surface area contributed by atoms with E-state index in [0.29, 0.717) is 15.8 Å². The van der Waals surface area contributed by atoms with Crippen LogP contribution in [0.1, 0.15) is 48.2 Å². The predicted octanol–water partition coefficient (Wildman–Crippen LogP) is 5.34. The quantitative estimate of drug-likeness (QED) is 0.389. The van der Waals surface area contributed by atoms with Crippen LogP contribution in [0.15, 0.2) is 42.7 Å². The van der Waals surface area contributed by atoms with E-state index in [1.54, 1.807) is 20.8 Å². The van der Waals surface area contributed by atoms with Gasteiger partial charge in [-0.3, -0.25) is 9.48 Å². The lowest BCUT2D eigenvalue weighted by molar-refractivity contribution is -0.142. The van der Waals surface area contributed by atoms with E-state index in [-0.39, 0.29) is 28.6 Å². The lowest BCUT2D eigenvalue weighted by atomic mass is 9.91. The van der Waals surface area contributed by atoms with Crippen LogP contribution in [0, 0.1) is 5.82 Å². The molecule has 4 rings (SSSR count). The molecule has 178 valence electrons. The van der Waals surface area contributed by atoms with Crippen LogP contribution in [0.25, 0.3) is 5.65 Å². The van der Waals surface area contributed by atoms with E-state index in [9.17, 15) is 22.4 Å². The second kappa shape index (κ2) is 8.39. The van der Waals surface area contributed by atoms with Crippen LogP contribution in [0.3, 0.4) is 0 Å². The molecule has 34 heavy (non-hydrogen) atoms. The highest BCUT2D eigenvalue weighted by atomic mass is 35.5. The summed E-state index contributed by atoms with van der Waals surface area (Å²) in [6, 6.07) is 6.10. The van der Waals surface area contributed by atoms with E-state index in [1.807, 2.05) is 0 Å². The first kappa shape index (κ1) is 23.7. The van der Waals surface area contributed by atoms with Gasteiger partial charge in [0, 0.05) is 22.7 Å². The molecule has 0 aliphatic carbocycles. The molecule has 0 fully saturated rings. The monoisotopic (exact) mass is 494 g/mol. The number of carbonyl (C=O) groups excluding carboxylic acids is 1. The Labute approximate surface area is 196 Å². The number of hydrogen-bond acceptors (Lipinski definition) is 4. The Morgan fingerprint density at radius 2 is 1.88 bits per heavy atom. The summed E-state index contributed by atoms with van der Waals surface area (Å²) in [6.07, 6.45) is -1.82. The number of anilines is 1. The molecule has 0 saturated carbocycles. The van der Waals surface area contributed by atoms with E-state index < -0.39 is 29.0 Å². The number of aromatic nitrogens is 5. The molecule has 0 bridgehead atoms. The fourth-order valence-corrected chi connectivity index (χ4v) is 3.43. The van der Waals surface area contributed by atoms with Crippen LogP contribution in [0.2, 0.25) is 5.02 Å². The first-order chi connectivity index (χ1) is 15.8. The Kier molecular flexibility index (Phi) is 5.84. The third-order valence-corrected chi connectivity index (χ3v) is 5.31. The average Bonchev–Trinajstić information content (AvgIpc) is 3.34. The molecular formula is C22H19ClF4N6O. The number of benzene rings is 1. The van der Waals surface area contributed by atoms with Crippen molar-refractivity contribution in [2.24, 2.45) is 0 Å². The fourth-order valence-electron chi connectivity index (χ4n) is 3.21. The molecule has 7 nitrogen and oxygen atoms in total. The van der Waals surface area contributed by atoms with Crippen LogP contribution in [0.5, 0.6) is 0 Å². The van der Waals surface area contributed by atoms with Gasteiger partial charge in [-0.1, -0.05) is 38.4 Å². The van der Waals surface area contributed by atoms with Crippen LogP contribution >= 0.6 is 11.6 Å². The highest BCUT2D eigenvalue weighted by molar-refractivity contribution is 6.31. The number of rotatable bonds is 4. The van der Waals surface area contributed by atoms with Crippen molar-refractivity contribution in [1.29, 1.82) is 0 Å². The van der Waals surface area contributed by atoms with Gasteiger partial charge < -0.3 is 5.32 Å². The Bertz CT molecular complexity index is 1390. The maximum Gasteiger partial charge on any atom is 0.433 e. The second-order valence-electron chi connectivity index (χ2n) is 8.69. The Morgan fingerprint density at radius 1 is 1.15 bits per heavy atom. The Hall–Kier alpha value is -3.47. The van der Waals surface area contributed by atoms with Gasteiger partial charge >= 0.3 is 6.18 Å². The molecule has 12 heteroatoms. The van der Waals surface area contributed by atoms with Crippen LogP contribution in [-0.2, 0) is 18.1 Å². The second-order valence-corrected chi connectivity index (χ2v) is 9.10. The molecule has 1 aromatic carbocycles. The summed E-state index contributed by atoms with van der Waals surface area (Å²) >= 11 is 6.03. The first-order valence-electron chi connectivity index (χ1n) is 10.1. The van der Waals surface area contributed by atoms with Gasteiger partial charge in [-0.2, -0.15) is 23.4 Å². The Balaban J connectivity index is 1.59. The van der Waals surface area contributed by atoms with Gasteiger partial charge in [0.05, 0.1) is 24.1 Å². The van der Waals surface area contributed by atoms with Gasteiger partial charge in [-0.25, -0.2) is 13.9 Å². The SMILES string of the molecule is CC(C)(C)c1cc(C(F)(F)F)n2nc(C(=O)Nc3cnn(Cc4ccc(F)cc4Cl)c3)cc2n1. The average molecular weight is 495 g/mol. The van der Waals surface area contributed by atoms with Crippen molar-refractivity contribution in [3.05, 3.63) is 76.2 Å². The summed E-state index contributed by atoms with van der Waals surface area (Å²) in [5.41, 5.74) is -0.865. The summed E-state index contributed by atoms with van der Waals surface area (Å²) < 4.78 is 56.2. The topological polar surface area (TPSA) is 77.1 Å². The van der Waals surface area contributed by atoms with Crippen molar-refractivity contribution in [2.45, 2.75) is 38.9 Å². The number of fused-ring (bicyclic) bond motifs is 1. The zero-order valence-corrected chi connectivity index (χ0v) is 19.0. The van der Waals surface area contributed by atoms with E-state index in [1.165, 1.54) is 41.3 Å². The number of amides is 1. The van der Waals surface area contributed by atoms with Crippen LogP contribution in [-0.4, -0.2) is 30.3 Å². The zero-order valence-electron chi connectivity index (χ0n) is 18.3. The number of halogens is 5. The van der Waals surface area contributed by atoms with E-state index in [0.717, 1.165) is 6.07 Å². The largest absolute Gasteiger partial charge is 0.433 e. The third-order valence-electron chi connectivity index (χ3n) is 4.96. The standard InChI is InChI=1S/C22H19ClF4N6O/c1-21(2,3)17-8-18(22(25,26)27)33-19(30-17)7-16(31-33)20(34)29-14-9-28-32(11-14)10-12-4-5-13(24)6-15(12)23/h4-9,11H,10H2,1-3H3,(H,29,34). The number of carbonyl (C=O) groups is 1. The fraction of sp³-hybridized carbons (Fsp3) is 0.273. The molecule has 3 heterocycles. The van der Waals surface area contributed by atoms with Crippen LogP contribution in [0.4, 0.5) is 23.2 Å². The zero-order chi connectivity index (χ0) is 24.8. The first-order valence-corrected chi connectivity index (χ1v) is 10.5. The van der Waals surface area contributed by atoms with Gasteiger partial charge in [0.25, 0.3) is 5.91 Å². The summed E-state index contributed by atoms with van der Waals surface area (Å²) in [5.74, 6) is -1.19. The molecule has 1 amide bonds. The Morgan fingerprint density at radius 3 is 2.53 bits per heavy atom. The predicted molar refractivity (Wildman–Crippen MR) is 117 cm³/mol. The summed E-state index contributed by atoms with van der Waals surface area (Å²) in [6.45, 7) is 5.45. The smallest absolute Gasteiger partial charge is 0.318 e. The summed E-state index contributed by atoms with van der Waals surface area (Å²) in [4.78, 5) is 17.0. The number of nitrogens with one attached hydrogen (secondary N) is 1. The van der Waals surface area contributed by atoms with Crippen molar-refractivity contribution in [3.63, 3.8) is 0 Å². The van der Waals surface area contributed by atoms with Gasteiger partial charge in [-0.05, 0) is 23.8 Å². The summed E-state index contributed by atoms with van der Waals surface area (Å²) in [5, 5.41) is 10.7. The minimum Gasteiger partial charge on any atom is -0.318 e. The van der Waals surface area contributed by atoms with Crippen molar-refractivity contribution >= 4 is 28.8 Å². The summed E-state index contributed by atoms with van der Waals surface area (Å²) in [7, 11) is 0. The lowest BCUT2D eigenvalue weighted by Gasteiger charge is -2.19. The van der Waals surface area contributed by atoms with Gasteiger partial charge in [0.15, 0.2) is 11.3 Å². The highest BCUT2D eigenvalue weighted by Crippen LogP contribution is 2.32. The molecule has 4 aromatic rings. The maximum atomic E-state index is 13.6. The van der Waals surface area contributed by atoms with Gasteiger partial charge in [0.1, 0.15) is 11.5 Å². The van der Waals surface area contributed by atoms with Crippen molar-refractivity contribution in [2.75, 3.05) is 5.32 Å².